The number of anilines is 1. The molecule has 0 aliphatic rings. The van der Waals surface area contributed by atoms with Crippen molar-refractivity contribution in [2.24, 2.45) is 7.05 Å². The van der Waals surface area contributed by atoms with Gasteiger partial charge in [0.05, 0.1) is 15.6 Å². The lowest BCUT2D eigenvalue weighted by atomic mass is 10.1. The van der Waals surface area contributed by atoms with Crippen LogP contribution in [0.2, 0.25) is 0 Å². The number of nitrogens with zero attached hydrogens (tertiary/aromatic N) is 3. The summed E-state index contributed by atoms with van der Waals surface area (Å²) in [6.07, 6.45) is 0. The normalized spacial score (nSPS) is 11.2. The molecule has 7 heteroatoms. The number of hydrogen-bond acceptors (Lipinski definition) is 5. The fourth-order valence-corrected chi connectivity index (χ4v) is 4.08. The van der Waals surface area contributed by atoms with Crippen LogP contribution in [0.1, 0.15) is 21.6 Å². The van der Waals surface area contributed by atoms with Gasteiger partial charge in [0.25, 0.3) is 11.5 Å². The molecule has 26 heavy (non-hydrogen) atoms. The van der Waals surface area contributed by atoms with Crippen LogP contribution in [-0.4, -0.2) is 20.7 Å². The molecule has 2 aromatic heterocycles. The van der Waals surface area contributed by atoms with Gasteiger partial charge in [0.1, 0.15) is 0 Å². The van der Waals surface area contributed by atoms with Crippen molar-refractivity contribution in [3.63, 3.8) is 0 Å². The second-order valence-electron chi connectivity index (χ2n) is 6.22. The van der Waals surface area contributed by atoms with Gasteiger partial charge in [-0.1, -0.05) is 35.6 Å². The first kappa shape index (κ1) is 16.4. The molecule has 1 amide bonds. The van der Waals surface area contributed by atoms with E-state index in [4.69, 9.17) is 0 Å². The number of hydrogen-bond donors (Lipinski definition) is 1. The number of thiazole rings is 1. The van der Waals surface area contributed by atoms with Gasteiger partial charge in [0.15, 0.2) is 10.8 Å². The molecule has 0 aliphatic heterocycles. The summed E-state index contributed by atoms with van der Waals surface area (Å²) >= 11 is 1.42. The predicted octanol–water partition coefficient (Wildman–Crippen LogP) is 3.41. The zero-order valence-corrected chi connectivity index (χ0v) is 15.3. The number of carbonyl (C=O) groups excluding carboxylic acids is 1. The van der Waals surface area contributed by atoms with E-state index < -0.39 is 0 Å². The number of rotatable bonds is 2. The van der Waals surface area contributed by atoms with Crippen molar-refractivity contribution >= 4 is 43.4 Å². The maximum Gasteiger partial charge on any atom is 0.278 e. The van der Waals surface area contributed by atoms with Gasteiger partial charge in [-0.25, -0.2) is 9.67 Å². The minimum absolute atomic E-state index is 0.204. The summed E-state index contributed by atoms with van der Waals surface area (Å²) in [5.74, 6) is -0.384. The Bertz CT molecular complexity index is 1240. The van der Waals surface area contributed by atoms with E-state index in [1.54, 1.807) is 24.3 Å². The van der Waals surface area contributed by atoms with E-state index in [0.717, 1.165) is 21.3 Å². The topological polar surface area (TPSA) is 76.9 Å². The van der Waals surface area contributed by atoms with Crippen LogP contribution in [0.5, 0.6) is 0 Å². The number of carbonyl (C=O) groups is 1. The van der Waals surface area contributed by atoms with E-state index in [0.29, 0.717) is 15.9 Å². The fraction of sp³-hybridized carbons (Fsp3) is 0.158. The Morgan fingerprint density at radius 3 is 2.65 bits per heavy atom. The van der Waals surface area contributed by atoms with Gasteiger partial charge in [0, 0.05) is 12.4 Å². The lowest BCUT2D eigenvalue weighted by Crippen LogP contribution is -2.25. The second kappa shape index (κ2) is 6.03. The number of aromatic nitrogens is 3. The van der Waals surface area contributed by atoms with Crippen LogP contribution in [0.3, 0.4) is 0 Å². The van der Waals surface area contributed by atoms with E-state index in [1.165, 1.54) is 23.1 Å². The molecular formula is C19H16N4O2S. The number of aryl methyl sites for hydroxylation is 3. The van der Waals surface area contributed by atoms with Gasteiger partial charge in [-0.05, 0) is 37.1 Å². The van der Waals surface area contributed by atoms with Crippen LogP contribution in [0.15, 0.2) is 41.2 Å². The van der Waals surface area contributed by atoms with E-state index in [9.17, 15) is 9.59 Å². The molecular weight excluding hydrogens is 348 g/mol. The van der Waals surface area contributed by atoms with Crippen molar-refractivity contribution in [1.29, 1.82) is 0 Å². The Morgan fingerprint density at radius 2 is 1.88 bits per heavy atom. The zero-order valence-electron chi connectivity index (χ0n) is 14.5. The molecule has 0 bridgehead atoms. The lowest BCUT2D eigenvalue weighted by molar-refractivity contribution is 0.102. The molecule has 0 aliphatic carbocycles. The summed E-state index contributed by atoms with van der Waals surface area (Å²) < 4.78 is 2.21. The Kier molecular flexibility index (Phi) is 3.81. The monoisotopic (exact) mass is 364 g/mol. The van der Waals surface area contributed by atoms with Crippen molar-refractivity contribution in [1.82, 2.24) is 14.8 Å². The third kappa shape index (κ3) is 2.66. The molecule has 0 unspecified atom stereocenters. The number of amides is 1. The van der Waals surface area contributed by atoms with Crippen LogP contribution in [0.25, 0.3) is 21.0 Å². The first-order valence-corrected chi connectivity index (χ1v) is 8.91. The summed E-state index contributed by atoms with van der Waals surface area (Å²) in [5.41, 5.74) is 3.08. The van der Waals surface area contributed by atoms with Crippen molar-refractivity contribution in [3.05, 3.63) is 63.6 Å². The lowest BCUT2D eigenvalue weighted by Gasteiger charge is -2.07. The smallest absolute Gasteiger partial charge is 0.278 e. The molecule has 0 radical (unpaired) electrons. The minimum Gasteiger partial charge on any atom is -0.296 e. The SMILES string of the molecule is Cc1cc(C)c2nc(NC(=O)c3nn(C)c(=O)c4ccccc34)sc2c1. The second-order valence-corrected chi connectivity index (χ2v) is 7.26. The molecule has 4 aromatic rings. The van der Waals surface area contributed by atoms with Crippen molar-refractivity contribution in [3.8, 4) is 0 Å². The molecule has 0 spiro atoms. The third-order valence-corrected chi connectivity index (χ3v) is 5.14. The van der Waals surface area contributed by atoms with Gasteiger partial charge in [0.2, 0.25) is 0 Å². The molecule has 0 fully saturated rings. The van der Waals surface area contributed by atoms with Crippen LogP contribution < -0.4 is 10.9 Å². The van der Waals surface area contributed by atoms with Crippen LogP contribution in [0.4, 0.5) is 5.13 Å². The molecule has 2 aromatic carbocycles. The minimum atomic E-state index is -0.384. The van der Waals surface area contributed by atoms with Gasteiger partial charge >= 0.3 is 0 Å². The van der Waals surface area contributed by atoms with Crippen LogP contribution in [-0.2, 0) is 7.05 Å². The van der Waals surface area contributed by atoms with Crippen molar-refractivity contribution in [2.45, 2.75) is 13.8 Å². The first-order valence-electron chi connectivity index (χ1n) is 8.09. The van der Waals surface area contributed by atoms with Crippen LogP contribution in [0, 0.1) is 13.8 Å². The highest BCUT2D eigenvalue weighted by Crippen LogP contribution is 2.29. The van der Waals surface area contributed by atoms with Gasteiger partial charge in [-0.15, -0.1) is 0 Å². The predicted molar refractivity (Wildman–Crippen MR) is 104 cm³/mol. The maximum atomic E-state index is 12.8. The summed E-state index contributed by atoms with van der Waals surface area (Å²) in [5, 5.41) is 8.48. The van der Waals surface area contributed by atoms with Gasteiger partial charge in [-0.3, -0.25) is 14.9 Å². The molecule has 2 heterocycles. The quantitative estimate of drug-likeness (QED) is 0.591. The highest BCUT2D eigenvalue weighted by Gasteiger charge is 2.17. The van der Waals surface area contributed by atoms with Gasteiger partial charge < -0.3 is 0 Å². The van der Waals surface area contributed by atoms with Crippen molar-refractivity contribution in [2.75, 3.05) is 5.32 Å². The summed E-state index contributed by atoms with van der Waals surface area (Å²) in [7, 11) is 1.54. The average Bonchev–Trinajstić information content (AvgIpc) is 3.00. The number of benzene rings is 2. The van der Waals surface area contributed by atoms with Gasteiger partial charge in [-0.2, -0.15) is 5.10 Å². The Balaban J connectivity index is 1.78. The van der Waals surface area contributed by atoms with E-state index in [1.807, 2.05) is 13.8 Å². The highest BCUT2D eigenvalue weighted by molar-refractivity contribution is 7.22. The standard InChI is InChI=1S/C19H16N4O2S/c1-10-8-11(2)15-14(9-10)26-19(20-15)21-17(24)16-12-6-4-5-7-13(12)18(25)23(3)22-16/h4-9H,1-3H3,(H,20,21,24). The molecule has 4 rings (SSSR count). The molecule has 130 valence electrons. The molecule has 0 atom stereocenters. The Morgan fingerprint density at radius 1 is 1.15 bits per heavy atom. The van der Waals surface area contributed by atoms with Crippen molar-refractivity contribution < 1.29 is 4.79 Å². The average molecular weight is 364 g/mol. The molecule has 1 N–H and O–H groups in total. The molecule has 0 saturated carbocycles. The fourth-order valence-electron chi connectivity index (χ4n) is 3.05. The number of fused-ring (bicyclic) bond motifs is 2. The van der Waals surface area contributed by atoms with E-state index in [-0.39, 0.29) is 17.2 Å². The summed E-state index contributed by atoms with van der Waals surface area (Å²) in [6.45, 7) is 4.04. The largest absolute Gasteiger partial charge is 0.296 e. The summed E-state index contributed by atoms with van der Waals surface area (Å²) in [4.78, 5) is 29.5. The van der Waals surface area contributed by atoms with E-state index >= 15 is 0 Å². The highest BCUT2D eigenvalue weighted by atomic mass is 32.1. The third-order valence-electron chi connectivity index (χ3n) is 4.22. The molecule has 6 nitrogen and oxygen atoms in total. The summed E-state index contributed by atoms with van der Waals surface area (Å²) in [6, 6.07) is 11.1. The molecule has 0 saturated heterocycles. The van der Waals surface area contributed by atoms with E-state index in [2.05, 4.69) is 27.5 Å². The first-order chi connectivity index (χ1) is 12.4. The zero-order chi connectivity index (χ0) is 18.4. The Labute approximate surface area is 153 Å². The number of nitrogens with one attached hydrogen (secondary N) is 1. The maximum absolute atomic E-state index is 12.8. The van der Waals surface area contributed by atoms with Crippen LogP contribution >= 0.6 is 11.3 Å². The Hall–Kier alpha value is -3.06.